The summed E-state index contributed by atoms with van der Waals surface area (Å²) in [6, 6.07) is -3.69. The van der Waals surface area contributed by atoms with Crippen LogP contribution in [0.25, 0.3) is 4.13 Å². The van der Waals surface area contributed by atoms with Crippen LogP contribution in [-0.2, 0) is 24.8 Å². The number of hydrogen-bond acceptors (Lipinski definition) is 5. The smallest absolute Gasteiger partial charge is 0.423 e. The van der Waals surface area contributed by atoms with Crippen LogP contribution in [-0.4, -0.2) is 33.7 Å². The van der Waals surface area contributed by atoms with E-state index in [1.165, 1.54) is 0 Å². The van der Waals surface area contributed by atoms with Gasteiger partial charge >= 0.3 is 58.5 Å². The van der Waals surface area contributed by atoms with E-state index in [1.807, 2.05) is 4.74 Å². The molecule has 0 rings (SSSR count). The third-order valence-electron chi connectivity index (χ3n) is 1.52. The van der Waals surface area contributed by atoms with Crippen LogP contribution in [0.5, 0.6) is 0 Å². The quantitative estimate of drug-likeness (QED) is 0.330. The molecule has 0 N–H and O–H groups in total. The van der Waals surface area contributed by atoms with Crippen LogP contribution in [0.1, 0.15) is 0 Å². The van der Waals surface area contributed by atoms with Gasteiger partial charge in [0, 0.05) is 0 Å². The number of rotatable bonds is 6. The molecule has 0 heterocycles. The Hall–Kier alpha value is -0.300. The number of nitrogens with zero attached hydrogens (tertiary/aromatic N) is 1. The van der Waals surface area contributed by atoms with Crippen molar-refractivity contribution in [2.24, 2.45) is 0 Å². The van der Waals surface area contributed by atoms with Gasteiger partial charge in [0.15, 0.2) is 20.0 Å². The Morgan fingerprint density at radius 2 is 1.17 bits per heavy atom. The molecule has 0 aliphatic heterocycles. The maximum absolute atomic E-state index is 12.9. The minimum absolute atomic E-state index is 0. The minimum Gasteiger partial charge on any atom is -0.423 e. The van der Waals surface area contributed by atoms with Gasteiger partial charge in [0.1, 0.15) is 0 Å². The van der Waals surface area contributed by atoms with E-state index in [1.54, 1.807) is 0 Å². The van der Waals surface area contributed by atoms with E-state index < -0.39 is 49.0 Å². The van der Waals surface area contributed by atoms with E-state index in [-0.39, 0.29) is 29.6 Å². The van der Waals surface area contributed by atoms with Crippen molar-refractivity contribution in [2.45, 2.75) is 16.9 Å². The SMILES string of the molecule is O=S(=O)([N-]S(=O)(=O)C(F)(F)C(F)(F)OC(F)=C(F)F)C(F)(F)F.[Na+]. The second-order valence-electron chi connectivity index (χ2n) is 3.14. The number of alkyl halides is 7. The van der Waals surface area contributed by atoms with Crippen LogP contribution >= 0.6 is 0 Å². The maximum Gasteiger partial charge on any atom is 1.00 e. The molecule has 0 fully saturated rings. The van der Waals surface area contributed by atoms with Gasteiger partial charge in [-0.1, -0.05) is 0 Å². The first-order valence-electron chi connectivity index (χ1n) is 4.24. The fraction of sp³-hybridized carbons (Fsp3) is 0.600. The molecule has 0 saturated carbocycles. The van der Waals surface area contributed by atoms with E-state index in [4.69, 9.17) is 0 Å². The summed E-state index contributed by atoms with van der Waals surface area (Å²) in [5.74, 6) is 0. The van der Waals surface area contributed by atoms with Crippen LogP contribution in [0.15, 0.2) is 12.1 Å². The van der Waals surface area contributed by atoms with Gasteiger partial charge in [0.25, 0.3) is 0 Å². The second kappa shape index (κ2) is 7.52. The fourth-order valence-corrected chi connectivity index (χ4v) is 2.67. The van der Waals surface area contributed by atoms with Crippen molar-refractivity contribution in [3.63, 3.8) is 0 Å². The molecule has 0 unspecified atom stereocenters. The van der Waals surface area contributed by atoms with E-state index in [9.17, 15) is 60.7 Å². The molecule has 19 heteroatoms. The van der Waals surface area contributed by atoms with Crippen molar-refractivity contribution < 1.29 is 95.0 Å². The number of halogens is 10. The molecule has 0 aromatic rings. The van der Waals surface area contributed by atoms with Crippen molar-refractivity contribution >= 4 is 20.0 Å². The Morgan fingerprint density at radius 3 is 1.46 bits per heavy atom. The van der Waals surface area contributed by atoms with Crippen LogP contribution in [0, 0.1) is 0 Å². The summed E-state index contributed by atoms with van der Waals surface area (Å²) in [6.45, 7) is 0. The van der Waals surface area contributed by atoms with Gasteiger partial charge in [-0.2, -0.15) is 43.9 Å². The summed E-state index contributed by atoms with van der Waals surface area (Å²) in [7, 11) is -14.8. The third-order valence-corrected chi connectivity index (χ3v) is 4.56. The molecular weight excluding hydrogens is 431 g/mol. The monoisotopic (exact) mass is 431 g/mol. The van der Waals surface area contributed by atoms with Gasteiger partial charge in [0.05, 0.1) is 0 Å². The van der Waals surface area contributed by atoms with Gasteiger partial charge in [-0.25, -0.2) is 16.8 Å². The zero-order valence-corrected chi connectivity index (χ0v) is 14.2. The molecule has 6 nitrogen and oxygen atoms in total. The van der Waals surface area contributed by atoms with Crippen LogP contribution in [0.2, 0.25) is 0 Å². The van der Waals surface area contributed by atoms with Crippen molar-refractivity contribution in [1.82, 2.24) is 0 Å². The molecule has 0 atom stereocenters. The summed E-state index contributed by atoms with van der Waals surface area (Å²) in [6.07, 6.45) is -10.5. The fourth-order valence-electron chi connectivity index (χ4n) is 0.579. The van der Waals surface area contributed by atoms with E-state index in [0.29, 0.717) is 4.13 Å². The molecule has 24 heavy (non-hydrogen) atoms. The number of hydrogen-bond donors (Lipinski definition) is 0. The summed E-state index contributed by atoms with van der Waals surface area (Å²) in [5.41, 5.74) is -6.57. The predicted molar refractivity (Wildman–Crippen MR) is 48.6 cm³/mol. The topological polar surface area (TPSA) is 91.6 Å². The van der Waals surface area contributed by atoms with Crippen molar-refractivity contribution in [1.29, 1.82) is 0 Å². The first kappa shape index (κ1) is 25.9. The molecule has 0 aliphatic rings. The zero-order valence-electron chi connectivity index (χ0n) is 10.6. The van der Waals surface area contributed by atoms with E-state index >= 15 is 0 Å². The zero-order chi connectivity index (χ0) is 19.1. The minimum atomic E-state index is -7.56. The Kier molecular flexibility index (Phi) is 8.13. The molecule has 138 valence electrons. The summed E-state index contributed by atoms with van der Waals surface area (Å²) in [4.78, 5) is 0. The normalized spacial score (nSPS) is 13.9. The third kappa shape index (κ3) is 5.35. The molecule has 0 aromatic heterocycles. The molecule has 0 aliphatic carbocycles. The average Bonchev–Trinajstić information content (AvgIpc) is 2.24. The largest absolute Gasteiger partial charge is 1.00 e. The van der Waals surface area contributed by atoms with Crippen molar-refractivity contribution in [3.8, 4) is 0 Å². The van der Waals surface area contributed by atoms with Crippen molar-refractivity contribution in [2.75, 3.05) is 0 Å². The molecule has 0 spiro atoms. The Balaban J connectivity index is 0. The average molecular weight is 431 g/mol. The molecular formula is C5F10NNaO5S2. The van der Waals surface area contributed by atoms with Crippen molar-refractivity contribution in [3.05, 3.63) is 16.2 Å². The molecule has 0 saturated heterocycles. The van der Waals surface area contributed by atoms with Gasteiger partial charge in [-0.05, 0) is 0 Å². The summed E-state index contributed by atoms with van der Waals surface area (Å²) < 4.78 is 166. The van der Waals surface area contributed by atoms with Gasteiger partial charge in [-0.3, -0.25) is 0 Å². The van der Waals surface area contributed by atoms with Crippen LogP contribution in [0.4, 0.5) is 43.9 Å². The predicted octanol–water partition coefficient (Wildman–Crippen LogP) is -0.219. The Labute approximate surface area is 148 Å². The van der Waals surface area contributed by atoms with E-state index in [2.05, 4.69) is 0 Å². The molecule has 0 bridgehead atoms. The van der Waals surface area contributed by atoms with Crippen LogP contribution < -0.4 is 29.6 Å². The molecule has 0 amide bonds. The maximum atomic E-state index is 12.9. The first-order valence-corrected chi connectivity index (χ1v) is 7.12. The number of ether oxygens (including phenoxy) is 1. The second-order valence-corrected chi connectivity index (χ2v) is 6.61. The Morgan fingerprint density at radius 1 is 0.792 bits per heavy atom. The summed E-state index contributed by atoms with van der Waals surface area (Å²) in [5, 5.41) is -6.95. The van der Waals surface area contributed by atoms with E-state index in [0.717, 1.165) is 0 Å². The number of sulfonamides is 2. The standard InChI is InChI=1S/C5F10NO5S2.Na/c6-1(7)2(8)21-3(9,10)4(11,12)22(17,18)16-23(19,20)5(13,14)15;/q-1;+1. The van der Waals surface area contributed by atoms with Gasteiger partial charge < -0.3 is 8.86 Å². The molecule has 0 aromatic carbocycles. The van der Waals surface area contributed by atoms with Gasteiger partial charge in [0.2, 0.25) is 0 Å². The van der Waals surface area contributed by atoms with Crippen LogP contribution in [0.3, 0.4) is 0 Å². The first-order chi connectivity index (χ1) is 9.78. The van der Waals surface area contributed by atoms with Gasteiger partial charge in [-0.15, -0.1) is 0 Å². The molecule has 0 radical (unpaired) electrons. The Bertz CT molecular complexity index is 694. The summed E-state index contributed by atoms with van der Waals surface area (Å²) >= 11 is 0.